The number of hydrogen-bond acceptors (Lipinski definition) is 5. The van der Waals surface area contributed by atoms with Gasteiger partial charge in [-0.15, -0.1) is 0 Å². The minimum Gasteiger partial charge on any atom is -0.457 e. The molecule has 0 aliphatic rings. The number of nitro benzene ring substituents is 1. The van der Waals surface area contributed by atoms with Gasteiger partial charge >= 0.3 is 0 Å². The number of aryl methyl sites for hydroxylation is 2. The number of nitrogens with one attached hydrogen (secondary N) is 1. The van der Waals surface area contributed by atoms with Gasteiger partial charge in [-0.05, 0) is 49.7 Å². The number of nitriles is 1. The van der Waals surface area contributed by atoms with Crippen molar-refractivity contribution in [3.8, 4) is 17.4 Å². The summed E-state index contributed by atoms with van der Waals surface area (Å²) < 4.78 is 5.72. The molecule has 0 atom stereocenters. The van der Waals surface area contributed by atoms with Gasteiger partial charge in [0.25, 0.3) is 11.6 Å². The van der Waals surface area contributed by atoms with Crippen LogP contribution in [0, 0.1) is 35.3 Å². The fourth-order valence-corrected chi connectivity index (χ4v) is 2.74. The minimum absolute atomic E-state index is 0.00234. The Labute approximate surface area is 167 Å². The lowest BCUT2D eigenvalue weighted by atomic mass is 10.1. The van der Waals surface area contributed by atoms with Gasteiger partial charge in [-0.1, -0.05) is 17.7 Å². The molecule has 0 aliphatic carbocycles. The summed E-state index contributed by atoms with van der Waals surface area (Å²) in [6, 6.07) is 16.9. The van der Waals surface area contributed by atoms with Gasteiger partial charge in [0.2, 0.25) is 0 Å². The summed E-state index contributed by atoms with van der Waals surface area (Å²) in [7, 11) is 0. The molecule has 0 spiro atoms. The monoisotopic (exact) mass is 387 g/mol. The van der Waals surface area contributed by atoms with Crippen LogP contribution in [0.15, 0.2) is 64.6 Å². The minimum atomic E-state index is -0.541. The molecule has 0 saturated heterocycles. The number of benzene rings is 2. The van der Waals surface area contributed by atoms with Gasteiger partial charge in [0.15, 0.2) is 0 Å². The van der Waals surface area contributed by atoms with Crippen LogP contribution in [0.3, 0.4) is 0 Å². The van der Waals surface area contributed by atoms with E-state index in [0.29, 0.717) is 28.3 Å². The van der Waals surface area contributed by atoms with Gasteiger partial charge in [0.1, 0.15) is 23.2 Å². The Balaban J connectivity index is 1.82. The van der Waals surface area contributed by atoms with Gasteiger partial charge in [-0.2, -0.15) is 5.26 Å². The van der Waals surface area contributed by atoms with Gasteiger partial charge in [-0.25, -0.2) is 0 Å². The maximum Gasteiger partial charge on any atom is 0.269 e. The Morgan fingerprint density at radius 1 is 1.14 bits per heavy atom. The molecule has 7 nitrogen and oxygen atoms in total. The van der Waals surface area contributed by atoms with Crippen LogP contribution in [0.5, 0.6) is 0 Å². The Hall–Kier alpha value is -4.18. The molecule has 0 bridgehead atoms. The summed E-state index contributed by atoms with van der Waals surface area (Å²) in [6.45, 7) is 3.68. The van der Waals surface area contributed by atoms with Crippen LogP contribution in [0.1, 0.15) is 16.9 Å². The smallest absolute Gasteiger partial charge is 0.269 e. The van der Waals surface area contributed by atoms with Gasteiger partial charge in [-0.3, -0.25) is 14.9 Å². The van der Waals surface area contributed by atoms with Crippen LogP contribution < -0.4 is 5.32 Å². The lowest BCUT2D eigenvalue weighted by molar-refractivity contribution is -0.384. The SMILES string of the molecule is Cc1ccc(NC(=O)/C(C#N)=C\c2ccc(-c3ccc([N+](=O)[O-])cc3C)o2)cc1. The second-order valence-corrected chi connectivity index (χ2v) is 6.45. The highest BCUT2D eigenvalue weighted by Crippen LogP contribution is 2.29. The van der Waals surface area contributed by atoms with Crippen molar-refractivity contribution < 1.29 is 14.1 Å². The van der Waals surface area contributed by atoms with Crippen LogP contribution in [0.4, 0.5) is 11.4 Å². The van der Waals surface area contributed by atoms with Crippen molar-refractivity contribution in [2.75, 3.05) is 5.32 Å². The second-order valence-electron chi connectivity index (χ2n) is 6.45. The maximum atomic E-state index is 12.4. The number of amides is 1. The van der Waals surface area contributed by atoms with Crippen molar-refractivity contribution in [2.24, 2.45) is 0 Å². The lowest BCUT2D eigenvalue weighted by Gasteiger charge is -2.04. The van der Waals surface area contributed by atoms with E-state index in [1.54, 1.807) is 37.3 Å². The first-order valence-electron chi connectivity index (χ1n) is 8.72. The van der Waals surface area contributed by atoms with Crippen LogP contribution in [0.25, 0.3) is 17.4 Å². The first-order valence-corrected chi connectivity index (χ1v) is 8.72. The van der Waals surface area contributed by atoms with Gasteiger partial charge in [0.05, 0.1) is 4.92 Å². The van der Waals surface area contributed by atoms with E-state index in [-0.39, 0.29) is 11.3 Å². The number of hydrogen-bond donors (Lipinski definition) is 1. The van der Waals surface area contributed by atoms with E-state index < -0.39 is 10.8 Å². The molecular weight excluding hydrogens is 370 g/mol. The molecular formula is C22H17N3O4. The Morgan fingerprint density at radius 2 is 1.86 bits per heavy atom. The third-order valence-electron chi connectivity index (χ3n) is 4.27. The van der Waals surface area contributed by atoms with E-state index in [0.717, 1.165) is 5.56 Å². The number of furan rings is 1. The van der Waals surface area contributed by atoms with Crippen molar-refractivity contribution >= 4 is 23.4 Å². The number of nitro groups is 1. The topological polar surface area (TPSA) is 109 Å². The molecule has 29 heavy (non-hydrogen) atoms. The summed E-state index contributed by atoms with van der Waals surface area (Å²) in [5.41, 5.74) is 2.91. The van der Waals surface area contributed by atoms with Gasteiger partial charge < -0.3 is 9.73 Å². The molecule has 1 amide bonds. The zero-order valence-electron chi connectivity index (χ0n) is 15.8. The fraction of sp³-hybridized carbons (Fsp3) is 0.0909. The number of carbonyl (C=O) groups excluding carboxylic acids is 1. The number of carbonyl (C=O) groups is 1. The summed E-state index contributed by atoms with van der Waals surface area (Å²) >= 11 is 0. The number of nitrogens with zero attached hydrogens (tertiary/aromatic N) is 2. The predicted octanol–water partition coefficient (Wildman–Crippen LogP) is 5.02. The van der Waals surface area contributed by atoms with Crippen molar-refractivity contribution in [3.63, 3.8) is 0 Å². The molecule has 3 rings (SSSR count). The highest BCUT2D eigenvalue weighted by molar-refractivity contribution is 6.09. The standard InChI is InChI=1S/C22H17N3O4/c1-14-3-5-17(6-4-14)24-22(26)16(13-23)12-19-8-10-21(29-19)20-9-7-18(25(27)28)11-15(20)2/h3-12H,1-2H3,(H,24,26)/b16-12-. The number of rotatable bonds is 5. The highest BCUT2D eigenvalue weighted by Gasteiger charge is 2.14. The predicted molar refractivity (Wildman–Crippen MR) is 109 cm³/mol. The average molecular weight is 387 g/mol. The van der Waals surface area contributed by atoms with Crippen molar-refractivity contribution in [1.29, 1.82) is 5.26 Å². The van der Waals surface area contributed by atoms with Crippen LogP contribution in [-0.4, -0.2) is 10.8 Å². The van der Waals surface area contributed by atoms with Crippen LogP contribution >= 0.6 is 0 Å². The third kappa shape index (κ3) is 4.57. The normalized spacial score (nSPS) is 11.0. The fourth-order valence-electron chi connectivity index (χ4n) is 2.74. The molecule has 7 heteroatoms. The van der Waals surface area contributed by atoms with E-state index in [2.05, 4.69) is 5.32 Å². The van der Waals surface area contributed by atoms with Crippen LogP contribution in [0.2, 0.25) is 0 Å². The van der Waals surface area contributed by atoms with E-state index in [4.69, 9.17) is 4.42 Å². The quantitative estimate of drug-likeness (QED) is 0.286. The molecule has 144 valence electrons. The van der Waals surface area contributed by atoms with Gasteiger partial charge in [0, 0.05) is 29.5 Å². The van der Waals surface area contributed by atoms with E-state index in [9.17, 15) is 20.2 Å². The van der Waals surface area contributed by atoms with E-state index in [1.807, 2.05) is 25.1 Å². The Bertz CT molecular complexity index is 1150. The zero-order chi connectivity index (χ0) is 21.0. The Morgan fingerprint density at radius 3 is 2.48 bits per heavy atom. The molecule has 1 aromatic heterocycles. The summed E-state index contributed by atoms with van der Waals surface area (Å²) in [5, 5.41) is 22.9. The summed E-state index contributed by atoms with van der Waals surface area (Å²) in [5.74, 6) is 0.272. The van der Waals surface area contributed by atoms with Crippen LogP contribution in [-0.2, 0) is 4.79 Å². The number of non-ortho nitro benzene ring substituents is 1. The van der Waals surface area contributed by atoms with Crippen molar-refractivity contribution in [1.82, 2.24) is 0 Å². The molecule has 0 aliphatic heterocycles. The molecule has 1 N–H and O–H groups in total. The second kappa shape index (κ2) is 8.23. The third-order valence-corrected chi connectivity index (χ3v) is 4.27. The molecule has 0 unspecified atom stereocenters. The first-order chi connectivity index (χ1) is 13.9. The molecule has 0 fully saturated rings. The summed E-state index contributed by atoms with van der Waals surface area (Å²) in [4.78, 5) is 22.8. The maximum absolute atomic E-state index is 12.4. The molecule has 2 aromatic carbocycles. The molecule has 1 heterocycles. The Kier molecular flexibility index (Phi) is 5.56. The summed E-state index contributed by atoms with van der Waals surface area (Å²) in [6.07, 6.45) is 1.35. The lowest BCUT2D eigenvalue weighted by Crippen LogP contribution is -2.13. The molecule has 3 aromatic rings. The molecule has 0 saturated carbocycles. The van der Waals surface area contributed by atoms with Crippen molar-refractivity contribution in [2.45, 2.75) is 13.8 Å². The first kappa shape index (κ1) is 19.6. The highest BCUT2D eigenvalue weighted by atomic mass is 16.6. The molecule has 0 radical (unpaired) electrons. The largest absolute Gasteiger partial charge is 0.457 e. The number of anilines is 1. The van der Waals surface area contributed by atoms with E-state index in [1.165, 1.54) is 18.2 Å². The van der Waals surface area contributed by atoms with E-state index >= 15 is 0 Å². The average Bonchev–Trinajstić information content (AvgIpc) is 3.16. The zero-order valence-corrected chi connectivity index (χ0v) is 15.8. The van der Waals surface area contributed by atoms with Crippen molar-refractivity contribution in [3.05, 3.63) is 87.2 Å².